The van der Waals surface area contributed by atoms with Crippen LogP contribution in [0, 0.1) is 5.92 Å². The van der Waals surface area contributed by atoms with E-state index in [9.17, 15) is 9.59 Å². The molecule has 7 heteroatoms. The summed E-state index contributed by atoms with van der Waals surface area (Å²) in [5.41, 5.74) is -0.577. The largest absolute Gasteiger partial charge is 0.465 e. The van der Waals surface area contributed by atoms with Crippen molar-refractivity contribution in [3.05, 3.63) is 0 Å². The highest BCUT2D eigenvalue weighted by atomic mass is 16.6. The van der Waals surface area contributed by atoms with Crippen molar-refractivity contribution < 1.29 is 24.2 Å². The van der Waals surface area contributed by atoms with Crippen molar-refractivity contribution in [3.63, 3.8) is 0 Å². The van der Waals surface area contributed by atoms with Gasteiger partial charge in [0.25, 0.3) is 0 Å². The van der Waals surface area contributed by atoms with E-state index in [0.29, 0.717) is 13.2 Å². The van der Waals surface area contributed by atoms with E-state index >= 15 is 0 Å². The first-order valence-electron chi connectivity index (χ1n) is 6.19. The van der Waals surface area contributed by atoms with Crippen LogP contribution in [0.5, 0.6) is 0 Å². The van der Waals surface area contributed by atoms with Gasteiger partial charge in [-0.2, -0.15) is 0 Å². The molecule has 0 bridgehead atoms. The molecule has 1 unspecified atom stereocenters. The van der Waals surface area contributed by atoms with Gasteiger partial charge < -0.3 is 24.8 Å². The number of ether oxygens (including phenoxy) is 2. The van der Waals surface area contributed by atoms with E-state index in [4.69, 9.17) is 14.6 Å². The van der Waals surface area contributed by atoms with Crippen molar-refractivity contribution in [3.8, 4) is 0 Å². The maximum atomic E-state index is 11.7. The fraction of sp³-hybridized carbons (Fsp3) is 0.833. The molecule has 1 rings (SSSR count). The summed E-state index contributed by atoms with van der Waals surface area (Å²) in [7, 11) is 1.55. The minimum absolute atomic E-state index is 0.0615. The minimum atomic E-state index is -0.991. The van der Waals surface area contributed by atoms with Crippen molar-refractivity contribution in [1.29, 1.82) is 0 Å². The van der Waals surface area contributed by atoms with Gasteiger partial charge >= 0.3 is 12.2 Å². The molecule has 110 valence electrons. The lowest BCUT2D eigenvalue weighted by Gasteiger charge is -2.23. The van der Waals surface area contributed by atoms with Crippen molar-refractivity contribution in [1.82, 2.24) is 10.2 Å². The normalized spacial score (nSPS) is 23.3. The molecule has 19 heavy (non-hydrogen) atoms. The number of nitrogens with one attached hydrogen (secondary N) is 1. The molecule has 1 aliphatic rings. The van der Waals surface area contributed by atoms with Crippen LogP contribution in [0.2, 0.25) is 0 Å². The Labute approximate surface area is 112 Å². The molecular weight excluding hydrogens is 252 g/mol. The fourth-order valence-corrected chi connectivity index (χ4v) is 2.03. The topological polar surface area (TPSA) is 88.1 Å². The quantitative estimate of drug-likeness (QED) is 0.805. The molecule has 1 fully saturated rings. The molecule has 2 N–H and O–H groups in total. The average molecular weight is 274 g/mol. The van der Waals surface area contributed by atoms with Gasteiger partial charge in [0, 0.05) is 26.1 Å². The predicted molar refractivity (Wildman–Crippen MR) is 68.1 cm³/mol. The summed E-state index contributed by atoms with van der Waals surface area (Å²) in [6.07, 6.45) is -1.53. The molecule has 1 aliphatic heterocycles. The summed E-state index contributed by atoms with van der Waals surface area (Å²) >= 11 is 0. The van der Waals surface area contributed by atoms with E-state index in [-0.39, 0.29) is 18.5 Å². The smallest absolute Gasteiger partial charge is 0.407 e. The van der Waals surface area contributed by atoms with E-state index in [1.165, 1.54) is 4.90 Å². The van der Waals surface area contributed by atoms with Gasteiger partial charge in [-0.05, 0) is 20.8 Å². The number of alkyl carbamates (subject to hydrolysis) is 1. The van der Waals surface area contributed by atoms with Gasteiger partial charge in [-0.3, -0.25) is 0 Å². The Morgan fingerprint density at radius 1 is 1.37 bits per heavy atom. The second-order valence-corrected chi connectivity index (χ2v) is 5.66. The van der Waals surface area contributed by atoms with Gasteiger partial charge in [0.2, 0.25) is 0 Å². The van der Waals surface area contributed by atoms with Crippen molar-refractivity contribution in [2.24, 2.45) is 5.92 Å². The van der Waals surface area contributed by atoms with Crippen molar-refractivity contribution >= 4 is 12.2 Å². The lowest BCUT2D eigenvalue weighted by Crippen LogP contribution is -2.44. The number of carboxylic acid groups (broad SMARTS) is 1. The standard InChI is InChI=1S/C12H22N2O5/c1-12(2,3)19-10(15)13-9-6-14(11(16)17)5-8(9)7-18-4/h8-9H,5-7H2,1-4H3,(H,13,15)(H,16,17)/t8?,9-/m1/s1. The van der Waals surface area contributed by atoms with Crippen LogP contribution in [0.15, 0.2) is 0 Å². The number of carbonyl (C=O) groups is 2. The van der Waals surface area contributed by atoms with Gasteiger partial charge in [-0.1, -0.05) is 0 Å². The Bertz CT molecular complexity index is 340. The highest BCUT2D eigenvalue weighted by molar-refractivity contribution is 5.69. The van der Waals surface area contributed by atoms with Gasteiger partial charge in [-0.15, -0.1) is 0 Å². The monoisotopic (exact) mass is 274 g/mol. The highest BCUT2D eigenvalue weighted by Crippen LogP contribution is 2.18. The van der Waals surface area contributed by atoms with Crippen LogP contribution in [-0.2, 0) is 9.47 Å². The number of nitrogens with zero attached hydrogens (tertiary/aromatic N) is 1. The number of likely N-dealkylation sites (tertiary alicyclic amines) is 1. The molecule has 2 atom stereocenters. The summed E-state index contributed by atoms with van der Waals surface area (Å²) < 4.78 is 10.2. The predicted octanol–water partition coefficient (Wildman–Crippen LogP) is 1.14. The second-order valence-electron chi connectivity index (χ2n) is 5.66. The Morgan fingerprint density at radius 3 is 2.47 bits per heavy atom. The molecule has 1 heterocycles. The first kappa shape index (κ1) is 15.6. The van der Waals surface area contributed by atoms with E-state index in [1.54, 1.807) is 27.9 Å². The number of rotatable bonds is 3. The molecular formula is C12H22N2O5. The molecule has 0 saturated carbocycles. The fourth-order valence-electron chi connectivity index (χ4n) is 2.03. The zero-order valence-electron chi connectivity index (χ0n) is 11.8. The van der Waals surface area contributed by atoms with Crippen molar-refractivity contribution in [2.75, 3.05) is 26.8 Å². The molecule has 0 radical (unpaired) electrons. The Kier molecular flexibility index (Phi) is 4.99. The minimum Gasteiger partial charge on any atom is -0.465 e. The average Bonchev–Trinajstić information content (AvgIpc) is 2.59. The van der Waals surface area contributed by atoms with E-state index in [1.807, 2.05) is 0 Å². The summed E-state index contributed by atoms with van der Waals surface area (Å²) in [5.74, 6) is -0.0615. The molecule has 0 aliphatic carbocycles. The molecule has 0 aromatic carbocycles. The zero-order valence-corrected chi connectivity index (χ0v) is 11.8. The van der Waals surface area contributed by atoms with E-state index in [0.717, 1.165) is 0 Å². The van der Waals surface area contributed by atoms with Gasteiger partial charge in [0.15, 0.2) is 0 Å². The number of amides is 2. The number of carbonyl (C=O) groups excluding carboxylic acids is 1. The molecule has 0 aromatic heterocycles. The Hall–Kier alpha value is -1.50. The third kappa shape index (κ3) is 4.94. The molecule has 0 spiro atoms. The Balaban J connectivity index is 2.59. The number of hydrogen-bond donors (Lipinski definition) is 2. The van der Waals surface area contributed by atoms with Gasteiger partial charge in [0.1, 0.15) is 5.60 Å². The third-order valence-corrected chi connectivity index (χ3v) is 2.79. The number of hydrogen-bond acceptors (Lipinski definition) is 4. The lowest BCUT2D eigenvalue weighted by molar-refractivity contribution is 0.0479. The van der Waals surface area contributed by atoms with Crippen molar-refractivity contribution in [2.45, 2.75) is 32.4 Å². The number of methoxy groups -OCH3 is 1. The molecule has 1 saturated heterocycles. The molecule has 7 nitrogen and oxygen atoms in total. The van der Waals surface area contributed by atoms with Crippen LogP contribution in [0.1, 0.15) is 20.8 Å². The van der Waals surface area contributed by atoms with Crippen LogP contribution in [0.25, 0.3) is 0 Å². The van der Waals surface area contributed by atoms with Crippen LogP contribution in [-0.4, -0.2) is 60.6 Å². The maximum absolute atomic E-state index is 11.7. The Morgan fingerprint density at radius 2 is 2.00 bits per heavy atom. The van der Waals surface area contributed by atoms with Crippen LogP contribution in [0.3, 0.4) is 0 Å². The second kappa shape index (κ2) is 6.10. The zero-order chi connectivity index (χ0) is 14.6. The summed E-state index contributed by atoms with van der Waals surface area (Å²) in [4.78, 5) is 23.9. The summed E-state index contributed by atoms with van der Waals surface area (Å²) in [5, 5.41) is 11.7. The lowest BCUT2D eigenvalue weighted by atomic mass is 10.1. The third-order valence-electron chi connectivity index (χ3n) is 2.79. The van der Waals surface area contributed by atoms with E-state index < -0.39 is 17.8 Å². The maximum Gasteiger partial charge on any atom is 0.407 e. The summed E-state index contributed by atoms with van der Waals surface area (Å²) in [6.45, 7) is 6.32. The highest BCUT2D eigenvalue weighted by Gasteiger charge is 2.36. The van der Waals surface area contributed by atoms with E-state index in [2.05, 4.69) is 5.32 Å². The van der Waals surface area contributed by atoms with Gasteiger partial charge in [-0.25, -0.2) is 9.59 Å². The molecule has 2 amide bonds. The van der Waals surface area contributed by atoms with Crippen LogP contribution >= 0.6 is 0 Å². The first-order valence-corrected chi connectivity index (χ1v) is 6.19. The van der Waals surface area contributed by atoms with Crippen LogP contribution in [0.4, 0.5) is 9.59 Å². The summed E-state index contributed by atoms with van der Waals surface area (Å²) in [6, 6.07) is -0.286. The van der Waals surface area contributed by atoms with Gasteiger partial charge in [0.05, 0.1) is 12.6 Å². The molecule has 0 aromatic rings. The SMILES string of the molecule is COCC1CN(C(=O)O)C[C@H]1NC(=O)OC(C)(C)C. The van der Waals surface area contributed by atoms with Crippen LogP contribution < -0.4 is 5.32 Å². The first-order chi connectivity index (χ1) is 8.73.